The molecule has 1 aromatic heterocycles. The zero-order chi connectivity index (χ0) is 34.2. The van der Waals surface area contributed by atoms with E-state index in [0.29, 0.717) is 37.5 Å². The number of hydrogen-bond acceptors (Lipinski definition) is 13. The Bertz CT molecular complexity index is 1660. The topological polar surface area (TPSA) is 144 Å². The van der Waals surface area contributed by atoms with Gasteiger partial charge in [0, 0.05) is 4.90 Å². The van der Waals surface area contributed by atoms with Gasteiger partial charge in [-0.15, -0.1) is 10.2 Å². The van der Waals surface area contributed by atoms with Crippen LogP contribution in [0.15, 0.2) is 45.6 Å². The Morgan fingerprint density at radius 3 is 2.56 bits per heavy atom. The lowest BCUT2D eigenvalue weighted by Crippen LogP contribution is -2.65. The summed E-state index contributed by atoms with van der Waals surface area (Å²) in [7, 11) is 2.26. The third kappa shape index (κ3) is 6.76. The number of anilines is 1. The van der Waals surface area contributed by atoms with Crippen molar-refractivity contribution in [2.75, 3.05) is 32.0 Å². The van der Waals surface area contributed by atoms with Gasteiger partial charge >= 0.3 is 13.1 Å². The highest BCUT2D eigenvalue weighted by molar-refractivity contribution is 8.01. The van der Waals surface area contributed by atoms with E-state index in [9.17, 15) is 9.59 Å². The van der Waals surface area contributed by atoms with E-state index >= 15 is 0 Å². The molecule has 1 unspecified atom stereocenters. The Morgan fingerprint density at radius 1 is 1.15 bits per heavy atom. The highest BCUT2D eigenvalue weighted by Gasteiger charge is 2.68. The molecule has 15 heteroatoms. The van der Waals surface area contributed by atoms with Crippen LogP contribution in [0.1, 0.15) is 55.1 Å². The third-order valence-corrected chi connectivity index (χ3v) is 12.5. The zero-order valence-corrected chi connectivity index (χ0v) is 30.4. The third-order valence-electron chi connectivity index (χ3n) is 10.1. The molecule has 0 spiro atoms. The molecule has 11 nitrogen and oxygen atoms in total. The first-order chi connectivity index (χ1) is 23.0. The van der Waals surface area contributed by atoms with Gasteiger partial charge in [0.05, 0.1) is 37.6 Å². The number of aromatic nitrogens is 2. The van der Waals surface area contributed by atoms with Gasteiger partial charge in [0.2, 0.25) is 11.0 Å². The van der Waals surface area contributed by atoms with Gasteiger partial charge in [0.25, 0.3) is 0 Å². The van der Waals surface area contributed by atoms with Gasteiger partial charge in [-0.05, 0) is 79.0 Å². The van der Waals surface area contributed by atoms with E-state index < -0.39 is 24.6 Å². The van der Waals surface area contributed by atoms with Crippen molar-refractivity contribution in [1.82, 2.24) is 15.5 Å². The van der Waals surface area contributed by atoms with Crippen molar-refractivity contribution < 1.29 is 33.1 Å². The lowest BCUT2D eigenvalue weighted by atomic mass is 9.43. The molecular formula is C33H41BN4O7S3. The number of nitrogens with zero attached hydrogens (tertiary/aromatic N) is 2. The maximum absolute atomic E-state index is 13.5. The maximum Gasteiger partial charge on any atom is 0.482 e. The van der Waals surface area contributed by atoms with Crippen molar-refractivity contribution in [3.63, 3.8) is 0 Å². The Balaban J connectivity index is 1.36. The van der Waals surface area contributed by atoms with Gasteiger partial charge in [0.15, 0.2) is 4.34 Å². The first-order valence-electron chi connectivity index (χ1n) is 15.8. The van der Waals surface area contributed by atoms with Crippen molar-refractivity contribution in [2.45, 2.75) is 73.5 Å². The fourth-order valence-electron chi connectivity index (χ4n) is 7.45. The largest absolute Gasteiger partial charge is 0.497 e. The number of hydrogen-bond donors (Lipinski definition) is 2. The van der Waals surface area contributed by atoms with Gasteiger partial charge in [-0.1, -0.05) is 55.1 Å². The SMILES string of the molecule is COC(=O)c1c(Sc2nnc(N)s2)ccc(C[C@H](NC(=O)CSC)B2OC3C[C@@H]4C[C@@H](C4(C)C)[C@]3(C)O2)c1OCc1ccc(OC)cc1. The van der Waals surface area contributed by atoms with Crippen LogP contribution in [0.5, 0.6) is 11.5 Å². The summed E-state index contributed by atoms with van der Waals surface area (Å²) in [4.78, 5) is 27.2. The number of rotatable bonds is 13. The van der Waals surface area contributed by atoms with E-state index in [4.69, 9.17) is 29.3 Å². The molecule has 1 aliphatic heterocycles. The van der Waals surface area contributed by atoms with Gasteiger partial charge in [0.1, 0.15) is 23.7 Å². The Kier molecular flexibility index (Phi) is 10.2. The summed E-state index contributed by atoms with van der Waals surface area (Å²) in [5, 5.41) is 11.6. The average molecular weight is 713 g/mol. The molecule has 3 N–H and O–H groups in total. The van der Waals surface area contributed by atoms with Crippen LogP contribution in [0.2, 0.25) is 0 Å². The molecule has 3 saturated carbocycles. The normalized spacial score (nSPS) is 24.3. The zero-order valence-electron chi connectivity index (χ0n) is 27.9. The molecule has 48 heavy (non-hydrogen) atoms. The smallest absolute Gasteiger partial charge is 0.482 e. The van der Waals surface area contributed by atoms with Crippen molar-refractivity contribution in [1.29, 1.82) is 0 Å². The summed E-state index contributed by atoms with van der Waals surface area (Å²) in [6.07, 6.45) is 4.15. The van der Waals surface area contributed by atoms with Crippen LogP contribution < -0.4 is 20.5 Å². The predicted octanol–water partition coefficient (Wildman–Crippen LogP) is 5.30. The second kappa shape index (κ2) is 14.1. The minimum atomic E-state index is -0.685. The number of methoxy groups -OCH3 is 2. The molecule has 4 aliphatic rings. The number of carbonyl (C=O) groups excluding carboxylic acids is 2. The first kappa shape index (κ1) is 34.9. The Labute approximate surface area is 293 Å². The lowest BCUT2D eigenvalue weighted by Gasteiger charge is -2.64. The fourth-order valence-corrected chi connectivity index (χ4v) is 9.51. The quantitative estimate of drug-likeness (QED) is 0.175. The van der Waals surface area contributed by atoms with E-state index in [2.05, 4.69) is 36.3 Å². The predicted molar refractivity (Wildman–Crippen MR) is 188 cm³/mol. The van der Waals surface area contributed by atoms with E-state index in [1.54, 1.807) is 7.11 Å². The molecule has 1 amide bonds. The molecule has 0 radical (unpaired) electrons. The van der Waals surface area contributed by atoms with E-state index in [0.717, 1.165) is 24.2 Å². The minimum absolute atomic E-state index is 0.0613. The van der Waals surface area contributed by atoms with Gasteiger partial charge in [-0.2, -0.15) is 11.8 Å². The van der Waals surface area contributed by atoms with Gasteiger partial charge < -0.3 is 34.6 Å². The highest BCUT2D eigenvalue weighted by atomic mass is 32.2. The second-order valence-corrected chi connectivity index (χ2v) is 16.4. The minimum Gasteiger partial charge on any atom is -0.497 e. The fraction of sp³-hybridized carbons (Fsp3) is 0.515. The molecule has 4 fully saturated rings. The lowest BCUT2D eigenvalue weighted by molar-refractivity contribution is -0.199. The number of thioether (sulfide) groups is 1. The van der Waals surface area contributed by atoms with Crippen LogP contribution in [0.3, 0.4) is 0 Å². The Hall–Kier alpha value is -2.98. The highest BCUT2D eigenvalue weighted by Crippen LogP contribution is 2.65. The van der Waals surface area contributed by atoms with Gasteiger partial charge in [-0.25, -0.2) is 4.79 Å². The van der Waals surface area contributed by atoms with Crippen molar-refractivity contribution in [3.05, 3.63) is 53.1 Å². The van der Waals surface area contributed by atoms with Crippen LogP contribution >= 0.6 is 34.9 Å². The van der Waals surface area contributed by atoms with Crippen LogP contribution in [0.25, 0.3) is 0 Å². The first-order valence-corrected chi connectivity index (χ1v) is 18.9. The van der Waals surface area contributed by atoms with Gasteiger partial charge in [-0.3, -0.25) is 4.79 Å². The maximum atomic E-state index is 13.5. The van der Waals surface area contributed by atoms with Crippen LogP contribution in [0, 0.1) is 17.3 Å². The van der Waals surface area contributed by atoms with Crippen molar-refractivity contribution >= 4 is 59.0 Å². The molecule has 2 aromatic carbocycles. The summed E-state index contributed by atoms with van der Waals surface area (Å²) >= 11 is 3.91. The number of nitrogens with two attached hydrogens (primary N) is 1. The number of benzene rings is 2. The van der Waals surface area contributed by atoms with E-state index in [-0.39, 0.29) is 41.8 Å². The number of nitrogens with one attached hydrogen (secondary N) is 1. The number of amides is 1. The Morgan fingerprint density at radius 2 is 1.92 bits per heavy atom. The molecule has 7 rings (SSSR count). The monoisotopic (exact) mass is 712 g/mol. The standard InChI is InChI=1S/C33H41BN4O7S3/c1-32(2)20-14-23(32)33(3)24(15-20)44-34(45-33)25(36-26(39)17-46-6)13-19-9-12-22(47-31-38-37-30(35)48-31)27(29(40)42-5)28(19)43-16-18-7-10-21(41-4)11-8-18/h7-12,20,23-25H,13-17H2,1-6H3,(H2,35,37)(H,36,39)/t20-,23-,24?,25-,33-/m0/s1. The molecular weight excluding hydrogens is 671 g/mol. The summed E-state index contributed by atoms with van der Waals surface area (Å²) in [6.45, 7) is 6.96. The van der Waals surface area contributed by atoms with Crippen molar-refractivity contribution in [3.8, 4) is 11.5 Å². The van der Waals surface area contributed by atoms with Crippen LogP contribution in [-0.4, -0.2) is 73.1 Å². The molecule has 2 heterocycles. The van der Waals surface area contributed by atoms with Crippen LogP contribution in [-0.2, 0) is 31.9 Å². The van der Waals surface area contributed by atoms with Crippen LogP contribution in [0.4, 0.5) is 5.13 Å². The molecule has 256 valence electrons. The summed E-state index contributed by atoms with van der Waals surface area (Å²) in [5.74, 6) is 1.05. The molecule has 3 aromatic rings. The van der Waals surface area contributed by atoms with E-state index in [1.165, 1.54) is 42.0 Å². The van der Waals surface area contributed by atoms with E-state index in [1.807, 2.05) is 42.7 Å². The number of nitrogen functional groups attached to an aromatic ring is 1. The van der Waals surface area contributed by atoms with Crippen molar-refractivity contribution in [2.24, 2.45) is 17.3 Å². The molecule has 5 atom stereocenters. The summed E-state index contributed by atoms with van der Waals surface area (Å²) < 4.78 is 31.2. The summed E-state index contributed by atoms with van der Waals surface area (Å²) in [6, 6.07) is 11.2. The number of ether oxygens (including phenoxy) is 3. The second-order valence-electron chi connectivity index (χ2n) is 13.2. The molecule has 1 saturated heterocycles. The summed E-state index contributed by atoms with van der Waals surface area (Å²) in [5.41, 5.74) is 7.37. The molecule has 2 bridgehead atoms. The average Bonchev–Trinajstić information content (AvgIpc) is 3.65. The molecule has 3 aliphatic carbocycles. The number of carbonyl (C=O) groups is 2. The number of esters is 1.